The highest BCUT2D eigenvalue weighted by molar-refractivity contribution is 7.11. The normalized spacial score (nSPS) is 15.7. The van der Waals surface area contributed by atoms with Gasteiger partial charge in [0, 0.05) is 32.7 Å². The Balaban J connectivity index is 1.58. The second kappa shape index (κ2) is 11.5. The number of nitrogens with one attached hydrogen (secondary N) is 2. The maximum absolute atomic E-state index is 14.1. The van der Waals surface area contributed by atoms with Crippen LogP contribution in [0.25, 0.3) is 0 Å². The standard InChI is InChI=1S/C21H27F3N6O3S/c1-12(15-13(22)4-5-14(23)17(15)24)33-19-16(18(25)31)20(34-28-19)27-21(32)26-6-3-7-30-10-8-29(2)9-11-30/h4-5,12H,3,6-11H2,1-2H3,(H2,25,31)(H2,26,27,32). The number of carbonyl (C=O) groups excluding carboxylic acids is 2. The van der Waals surface area contributed by atoms with E-state index >= 15 is 0 Å². The van der Waals surface area contributed by atoms with Crippen molar-refractivity contribution in [2.45, 2.75) is 19.4 Å². The van der Waals surface area contributed by atoms with Crippen molar-refractivity contribution in [1.82, 2.24) is 19.5 Å². The van der Waals surface area contributed by atoms with Crippen molar-refractivity contribution < 1.29 is 27.5 Å². The predicted molar refractivity (Wildman–Crippen MR) is 122 cm³/mol. The number of rotatable bonds is 9. The highest BCUT2D eigenvalue weighted by atomic mass is 32.1. The fourth-order valence-electron chi connectivity index (χ4n) is 3.52. The number of amides is 3. The number of urea groups is 1. The van der Waals surface area contributed by atoms with Gasteiger partial charge in [0.15, 0.2) is 11.6 Å². The van der Waals surface area contributed by atoms with E-state index in [1.807, 2.05) is 0 Å². The van der Waals surface area contributed by atoms with E-state index in [0.29, 0.717) is 12.6 Å². The lowest BCUT2D eigenvalue weighted by molar-refractivity contribution is 0.0994. The molecule has 1 aliphatic heterocycles. The lowest BCUT2D eigenvalue weighted by Crippen LogP contribution is -2.45. The van der Waals surface area contributed by atoms with Crippen molar-refractivity contribution >= 4 is 28.5 Å². The number of benzene rings is 1. The van der Waals surface area contributed by atoms with Crippen LogP contribution in [-0.4, -0.2) is 72.4 Å². The number of anilines is 1. The number of aromatic nitrogens is 1. The van der Waals surface area contributed by atoms with Crippen LogP contribution in [0.15, 0.2) is 12.1 Å². The van der Waals surface area contributed by atoms with E-state index in [9.17, 15) is 22.8 Å². The summed E-state index contributed by atoms with van der Waals surface area (Å²) in [5, 5.41) is 5.22. The highest BCUT2D eigenvalue weighted by Crippen LogP contribution is 2.34. The average molecular weight is 501 g/mol. The number of ether oxygens (including phenoxy) is 1. The van der Waals surface area contributed by atoms with E-state index in [0.717, 1.165) is 56.7 Å². The summed E-state index contributed by atoms with van der Waals surface area (Å²) in [4.78, 5) is 28.8. The van der Waals surface area contributed by atoms with Gasteiger partial charge in [0.05, 0.1) is 5.56 Å². The van der Waals surface area contributed by atoms with E-state index in [1.165, 1.54) is 6.92 Å². The van der Waals surface area contributed by atoms with E-state index in [4.69, 9.17) is 10.5 Å². The molecule has 1 unspecified atom stereocenters. The Morgan fingerprint density at radius 1 is 1.21 bits per heavy atom. The quantitative estimate of drug-likeness (QED) is 0.360. The Hall–Kier alpha value is -2.90. The molecule has 0 spiro atoms. The third-order valence-electron chi connectivity index (χ3n) is 5.44. The molecule has 186 valence electrons. The number of carbonyl (C=O) groups is 2. The van der Waals surface area contributed by atoms with Crippen molar-refractivity contribution in [1.29, 1.82) is 0 Å². The zero-order chi connectivity index (χ0) is 24.8. The molecule has 2 heterocycles. The van der Waals surface area contributed by atoms with Crippen molar-refractivity contribution in [3.05, 3.63) is 40.7 Å². The summed E-state index contributed by atoms with van der Waals surface area (Å²) >= 11 is 0.721. The van der Waals surface area contributed by atoms with Gasteiger partial charge < -0.3 is 25.6 Å². The van der Waals surface area contributed by atoms with Crippen molar-refractivity contribution in [2.24, 2.45) is 5.73 Å². The molecule has 4 N–H and O–H groups in total. The minimum absolute atomic E-state index is 0.0199. The topological polar surface area (TPSA) is 113 Å². The van der Waals surface area contributed by atoms with E-state index in [1.54, 1.807) is 0 Å². The lowest BCUT2D eigenvalue weighted by Gasteiger charge is -2.32. The van der Waals surface area contributed by atoms with Gasteiger partial charge in [-0.15, -0.1) is 0 Å². The first-order valence-electron chi connectivity index (χ1n) is 10.7. The number of primary amides is 1. The first-order valence-corrected chi connectivity index (χ1v) is 11.5. The third kappa shape index (κ3) is 6.36. The lowest BCUT2D eigenvalue weighted by atomic mass is 10.1. The number of hydrogen-bond acceptors (Lipinski definition) is 7. The zero-order valence-corrected chi connectivity index (χ0v) is 19.7. The second-order valence-electron chi connectivity index (χ2n) is 7.95. The summed E-state index contributed by atoms with van der Waals surface area (Å²) in [5.41, 5.74) is 4.50. The van der Waals surface area contributed by atoms with Crippen LogP contribution in [0.5, 0.6) is 5.88 Å². The summed E-state index contributed by atoms with van der Waals surface area (Å²) < 4.78 is 51.0. The summed E-state index contributed by atoms with van der Waals surface area (Å²) in [7, 11) is 2.08. The molecule has 0 radical (unpaired) electrons. The Labute approximate surface area is 199 Å². The predicted octanol–water partition coefficient (Wildman–Crippen LogP) is 2.56. The molecular formula is C21H27F3N6O3S. The number of piperazine rings is 1. The zero-order valence-electron chi connectivity index (χ0n) is 18.9. The fraction of sp³-hybridized carbons (Fsp3) is 0.476. The maximum Gasteiger partial charge on any atom is 0.319 e. The van der Waals surface area contributed by atoms with Crippen molar-refractivity contribution in [3.63, 3.8) is 0 Å². The molecule has 0 aliphatic carbocycles. The summed E-state index contributed by atoms with van der Waals surface area (Å²) in [6.45, 7) is 6.52. The molecule has 3 amide bonds. The fourth-order valence-corrected chi connectivity index (χ4v) is 4.25. The minimum Gasteiger partial charge on any atom is -0.468 e. The molecule has 0 saturated carbocycles. The van der Waals surface area contributed by atoms with Gasteiger partial charge in [-0.3, -0.25) is 10.1 Å². The molecule has 9 nitrogen and oxygen atoms in total. The minimum atomic E-state index is -1.40. The first kappa shape index (κ1) is 25.7. The van der Waals surface area contributed by atoms with Crippen LogP contribution in [0, 0.1) is 17.5 Å². The SMILES string of the molecule is CC(Oc1nsc(NC(=O)NCCCN2CCN(C)CC2)c1C(N)=O)c1c(F)ccc(F)c1F. The van der Waals surface area contributed by atoms with Gasteiger partial charge in [-0.25, -0.2) is 18.0 Å². The smallest absolute Gasteiger partial charge is 0.319 e. The van der Waals surface area contributed by atoms with Crippen LogP contribution < -0.4 is 21.1 Å². The van der Waals surface area contributed by atoms with Crippen LogP contribution in [0.1, 0.15) is 35.4 Å². The molecule has 0 bridgehead atoms. The van der Waals surface area contributed by atoms with Crippen LogP contribution in [-0.2, 0) is 0 Å². The monoisotopic (exact) mass is 500 g/mol. The molecule has 1 atom stereocenters. The van der Waals surface area contributed by atoms with Gasteiger partial charge in [-0.05, 0) is 50.6 Å². The molecule has 1 aliphatic rings. The number of nitrogens with zero attached hydrogens (tertiary/aromatic N) is 3. The second-order valence-corrected chi connectivity index (χ2v) is 8.73. The largest absolute Gasteiger partial charge is 0.468 e. The number of nitrogens with two attached hydrogens (primary N) is 1. The van der Waals surface area contributed by atoms with Crippen LogP contribution in [0.4, 0.5) is 23.0 Å². The molecule has 1 aromatic carbocycles. The van der Waals surface area contributed by atoms with Crippen molar-refractivity contribution in [2.75, 3.05) is 51.6 Å². The van der Waals surface area contributed by atoms with Gasteiger partial charge in [0.2, 0.25) is 5.88 Å². The number of likely N-dealkylation sites (N-methyl/N-ethyl adjacent to an activating group) is 1. The molecule has 1 aromatic heterocycles. The molecule has 3 rings (SSSR count). The Bertz CT molecular complexity index is 1030. The molecule has 2 aromatic rings. The molecule has 1 saturated heterocycles. The summed E-state index contributed by atoms with van der Waals surface area (Å²) in [5.74, 6) is -4.94. The molecule has 1 fully saturated rings. The Morgan fingerprint density at radius 3 is 2.56 bits per heavy atom. The van der Waals surface area contributed by atoms with E-state index < -0.39 is 41.1 Å². The van der Waals surface area contributed by atoms with Gasteiger partial charge in [0.25, 0.3) is 5.91 Å². The van der Waals surface area contributed by atoms with Crippen molar-refractivity contribution in [3.8, 4) is 5.88 Å². The summed E-state index contributed by atoms with van der Waals surface area (Å²) in [6.07, 6.45) is -0.578. The van der Waals surface area contributed by atoms with Gasteiger partial charge in [-0.2, -0.15) is 4.37 Å². The average Bonchev–Trinajstić information content (AvgIpc) is 3.17. The van der Waals surface area contributed by atoms with Crippen LogP contribution >= 0.6 is 11.5 Å². The van der Waals surface area contributed by atoms with Gasteiger partial charge >= 0.3 is 6.03 Å². The maximum atomic E-state index is 14.1. The van der Waals surface area contributed by atoms with Gasteiger partial charge in [-0.1, -0.05) is 0 Å². The molecule has 34 heavy (non-hydrogen) atoms. The number of halogens is 3. The molecule has 13 heteroatoms. The highest BCUT2D eigenvalue weighted by Gasteiger charge is 2.27. The number of hydrogen-bond donors (Lipinski definition) is 3. The van der Waals surface area contributed by atoms with Crippen LogP contribution in [0.3, 0.4) is 0 Å². The van der Waals surface area contributed by atoms with Crippen LogP contribution in [0.2, 0.25) is 0 Å². The van der Waals surface area contributed by atoms with E-state index in [-0.39, 0.29) is 16.4 Å². The molecular weight excluding hydrogens is 473 g/mol. The Morgan fingerprint density at radius 2 is 1.88 bits per heavy atom. The Kier molecular flexibility index (Phi) is 8.69. The van der Waals surface area contributed by atoms with Gasteiger partial charge in [0.1, 0.15) is 22.5 Å². The van der Waals surface area contributed by atoms with E-state index in [2.05, 4.69) is 31.9 Å². The third-order valence-corrected chi connectivity index (χ3v) is 6.19. The summed E-state index contributed by atoms with van der Waals surface area (Å²) in [6, 6.07) is 0.862. The first-order chi connectivity index (χ1) is 16.2.